The van der Waals surface area contributed by atoms with Crippen molar-refractivity contribution in [1.82, 2.24) is 0 Å². The summed E-state index contributed by atoms with van der Waals surface area (Å²) in [4.78, 5) is 1.28. The molecule has 2 rings (SSSR count). The van der Waals surface area contributed by atoms with Gasteiger partial charge in [-0.1, -0.05) is 29.8 Å². The third-order valence-corrected chi connectivity index (χ3v) is 3.63. The average Bonchev–Trinajstić information content (AvgIpc) is 2.84. The lowest BCUT2D eigenvalue weighted by atomic mass is 10.2. The zero-order valence-electron chi connectivity index (χ0n) is 9.23. The van der Waals surface area contributed by atoms with Gasteiger partial charge in [-0.05, 0) is 17.5 Å². The molecule has 17 heavy (non-hydrogen) atoms. The number of para-hydroxylation sites is 1. The molecule has 90 valence electrons. The molecule has 0 unspecified atom stereocenters. The van der Waals surface area contributed by atoms with Crippen LogP contribution < -0.4 is 4.74 Å². The van der Waals surface area contributed by atoms with Crippen LogP contribution in [0.2, 0.25) is 5.02 Å². The van der Waals surface area contributed by atoms with E-state index in [0.29, 0.717) is 17.4 Å². The molecule has 1 heterocycles. The highest BCUT2D eigenvalue weighted by molar-refractivity contribution is 7.09. The van der Waals surface area contributed by atoms with E-state index < -0.39 is 0 Å². The fourth-order valence-electron chi connectivity index (χ4n) is 1.55. The van der Waals surface area contributed by atoms with Gasteiger partial charge >= 0.3 is 0 Å². The molecule has 0 saturated carbocycles. The van der Waals surface area contributed by atoms with E-state index in [-0.39, 0.29) is 6.61 Å². The van der Waals surface area contributed by atoms with Gasteiger partial charge in [-0.15, -0.1) is 11.3 Å². The molecule has 0 radical (unpaired) electrons. The van der Waals surface area contributed by atoms with Crippen molar-refractivity contribution in [3.63, 3.8) is 0 Å². The van der Waals surface area contributed by atoms with Crippen LogP contribution >= 0.6 is 22.9 Å². The molecule has 1 N–H and O–H groups in total. The topological polar surface area (TPSA) is 29.5 Å². The first-order valence-electron chi connectivity index (χ1n) is 5.34. The second kappa shape index (κ2) is 6.05. The largest absolute Gasteiger partial charge is 0.491 e. The second-order valence-electron chi connectivity index (χ2n) is 3.56. The van der Waals surface area contributed by atoms with Crippen LogP contribution in [0.25, 0.3) is 0 Å². The van der Waals surface area contributed by atoms with Crippen LogP contribution in [0.1, 0.15) is 10.4 Å². The van der Waals surface area contributed by atoms with Gasteiger partial charge in [0.2, 0.25) is 0 Å². The molecule has 1 aromatic carbocycles. The van der Waals surface area contributed by atoms with Crippen molar-refractivity contribution < 1.29 is 9.84 Å². The molecule has 2 nitrogen and oxygen atoms in total. The number of hydrogen-bond donors (Lipinski definition) is 1. The van der Waals surface area contributed by atoms with Crippen LogP contribution in [0, 0.1) is 0 Å². The van der Waals surface area contributed by atoms with Crippen molar-refractivity contribution in [1.29, 1.82) is 0 Å². The van der Waals surface area contributed by atoms with E-state index in [0.717, 1.165) is 12.0 Å². The summed E-state index contributed by atoms with van der Waals surface area (Å²) in [6.07, 6.45) is 0.855. The maximum absolute atomic E-state index is 9.19. The molecule has 4 heteroatoms. The molecule has 0 spiro atoms. The van der Waals surface area contributed by atoms with Crippen molar-refractivity contribution in [3.05, 3.63) is 51.2 Å². The van der Waals surface area contributed by atoms with Gasteiger partial charge in [0, 0.05) is 16.9 Å². The molecule has 0 fully saturated rings. The molecule has 0 atom stereocenters. The maximum Gasteiger partial charge on any atom is 0.143 e. The van der Waals surface area contributed by atoms with E-state index in [2.05, 4.69) is 6.07 Å². The predicted molar refractivity (Wildman–Crippen MR) is 70.9 cm³/mol. The highest BCUT2D eigenvalue weighted by Crippen LogP contribution is 2.28. The Kier molecular flexibility index (Phi) is 4.42. The Balaban J connectivity index is 1.98. The van der Waals surface area contributed by atoms with Crippen LogP contribution in [0.4, 0.5) is 0 Å². The summed E-state index contributed by atoms with van der Waals surface area (Å²) < 4.78 is 5.65. The molecule has 1 aromatic heterocycles. The molecule has 0 aliphatic carbocycles. The molecule has 0 saturated heterocycles. The summed E-state index contributed by atoms with van der Waals surface area (Å²) >= 11 is 7.75. The highest BCUT2D eigenvalue weighted by Gasteiger charge is 2.07. The van der Waals surface area contributed by atoms with Crippen molar-refractivity contribution >= 4 is 22.9 Å². The number of rotatable bonds is 5. The Morgan fingerprint density at radius 3 is 2.82 bits per heavy atom. The summed E-state index contributed by atoms with van der Waals surface area (Å²) in [5.41, 5.74) is 0.726. The zero-order valence-corrected chi connectivity index (χ0v) is 10.8. The molecular formula is C13H13ClO2S. The van der Waals surface area contributed by atoms with E-state index in [4.69, 9.17) is 16.3 Å². The first-order chi connectivity index (χ1) is 8.31. The van der Waals surface area contributed by atoms with Crippen molar-refractivity contribution in [2.45, 2.75) is 13.0 Å². The average molecular weight is 269 g/mol. The molecular weight excluding hydrogens is 256 g/mol. The number of ether oxygens (including phenoxy) is 1. The van der Waals surface area contributed by atoms with Crippen LogP contribution in [0.15, 0.2) is 35.7 Å². The Labute approximate surface area is 109 Å². The number of thiophene rings is 1. The lowest BCUT2D eigenvalue weighted by Gasteiger charge is -2.11. The summed E-state index contributed by atoms with van der Waals surface area (Å²) in [6, 6.07) is 9.48. The number of aliphatic hydroxyl groups excluding tert-OH is 1. The van der Waals surface area contributed by atoms with Crippen LogP contribution in [-0.4, -0.2) is 11.7 Å². The Morgan fingerprint density at radius 2 is 2.12 bits per heavy atom. The van der Waals surface area contributed by atoms with Gasteiger partial charge in [-0.3, -0.25) is 0 Å². The van der Waals surface area contributed by atoms with Crippen LogP contribution in [0.5, 0.6) is 5.75 Å². The van der Waals surface area contributed by atoms with Gasteiger partial charge in [0.25, 0.3) is 0 Å². The monoisotopic (exact) mass is 268 g/mol. The minimum atomic E-state index is -0.0606. The fourth-order valence-corrected chi connectivity index (χ4v) is 2.49. The number of hydrogen-bond acceptors (Lipinski definition) is 3. The van der Waals surface area contributed by atoms with Crippen molar-refractivity contribution in [3.8, 4) is 5.75 Å². The first-order valence-corrected chi connectivity index (χ1v) is 6.60. The Morgan fingerprint density at radius 1 is 1.24 bits per heavy atom. The predicted octanol–water partition coefficient (Wildman–Crippen LogP) is 3.52. The maximum atomic E-state index is 9.19. The highest BCUT2D eigenvalue weighted by atomic mass is 35.5. The van der Waals surface area contributed by atoms with E-state index in [1.165, 1.54) is 4.88 Å². The fraction of sp³-hybridized carbons (Fsp3) is 0.231. The molecule has 0 bridgehead atoms. The van der Waals surface area contributed by atoms with E-state index in [9.17, 15) is 5.11 Å². The summed E-state index contributed by atoms with van der Waals surface area (Å²) in [7, 11) is 0. The standard InChI is InChI=1S/C13H13ClO2S/c14-12-5-1-3-10(9-15)13(12)16-7-6-11-4-2-8-17-11/h1-5,8,15H,6-7,9H2. The van der Waals surface area contributed by atoms with Gasteiger partial charge < -0.3 is 9.84 Å². The van der Waals surface area contributed by atoms with Crippen molar-refractivity contribution in [2.75, 3.05) is 6.61 Å². The van der Waals surface area contributed by atoms with Gasteiger partial charge in [0.05, 0.1) is 18.2 Å². The Bertz CT molecular complexity index is 468. The van der Waals surface area contributed by atoms with Gasteiger partial charge in [0.15, 0.2) is 0 Å². The Hall–Kier alpha value is -1.03. The van der Waals surface area contributed by atoms with E-state index >= 15 is 0 Å². The quantitative estimate of drug-likeness (QED) is 0.899. The van der Waals surface area contributed by atoms with Crippen LogP contribution in [0.3, 0.4) is 0 Å². The van der Waals surface area contributed by atoms with Crippen LogP contribution in [-0.2, 0) is 13.0 Å². The van der Waals surface area contributed by atoms with Crippen molar-refractivity contribution in [2.24, 2.45) is 0 Å². The number of aliphatic hydroxyl groups is 1. The summed E-state index contributed by atoms with van der Waals surface area (Å²) in [5.74, 6) is 0.591. The zero-order chi connectivity index (χ0) is 12.1. The van der Waals surface area contributed by atoms with Gasteiger partial charge in [-0.25, -0.2) is 0 Å². The molecule has 0 aliphatic heterocycles. The summed E-state index contributed by atoms with van der Waals surface area (Å²) in [5, 5.41) is 11.8. The molecule has 0 aliphatic rings. The molecule has 2 aromatic rings. The van der Waals surface area contributed by atoms with Gasteiger partial charge in [0.1, 0.15) is 5.75 Å². The first kappa shape index (κ1) is 12.4. The minimum absolute atomic E-state index is 0.0606. The lowest BCUT2D eigenvalue weighted by molar-refractivity contribution is 0.264. The normalized spacial score (nSPS) is 10.5. The third-order valence-electron chi connectivity index (χ3n) is 2.39. The third kappa shape index (κ3) is 3.22. The summed E-state index contributed by atoms with van der Waals surface area (Å²) in [6.45, 7) is 0.506. The minimum Gasteiger partial charge on any atom is -0.491 e. The SMILES string of the molecule is OCc1cccc(Cl)c1OCCc1cccs1. The van der Waals surface area contributed by atoms with Gasteiger partial charge in [-0.2, -0.15) is 0 Å². The number of halogens is 1. The second-order valence-corrected chi connectivity index (χ2v) is 5.00. The smallest absolute Gasteiger partial charge is 0.143 e. The van der Waals surface area contributed by atoms with E-state index in [1.807, 2.05) is 17.5 Å². The molecule has 0 amide bonds. The lowest BCUT2D eigenvalue weighted by Crippen LogP contribution is -2.03. The number of benzene rings is 1. The van der Waals surface area contributed by atoms with E-state index in [1.54, 1.807) is 23.5 Å².